The van der Waals surface area contributed by atoms with Gasteiger partial charge in [0.2, 0.25) is 0 Å². The maximum Gasteiger partial charge on any atom is 0.336 e. The van der Waals surface area contributed by atoms with E-state index in [9.17, 15) is 15.0 Å². The van der Waals surface area contributed by atoms with Crippen LogP contribution >= 0.6 is 0 Å². The van der Waals surface area contributed by atoms with E-state index in [1.165, 1.54) is 141 Å². The van der Waals surface area contributed by atoms with Crippen molar-refractivity contribution in [3.05, 3.63) is 0 Å². The fourth-order valence-electron chi connectivity index (χ4n) is 5.49. The van der Waals surface area contributed by atoms with Crippen molar-refractivity contribution in [3.63, 3.8) is 0 Å². The van der Waals surface area contributed by atoms with Gasteiger partial charge in [-0.1, -0.05) is 181 Å². The molecule has 5 nitrogen and oxygen atoms in total. The van der Waals surface area contributed by atoms with E-state index in [1.807, 2.05) is 0 Å². The van der Waals surface area contributed by atoms with Crippen molar-refractivity contribution < 1.29 is 19.7 Å². The van der Waals surface area contributed by atoms with Crippen molar-refractivity contribution in [2.24, 2.45) is 5.73 Å². The third kappa shape index (κ3) is 26.3. The number of aliphatic hydroxyl groups is 2. The van der Waals surface area contributed by atoms with Crippen molar-refractivity contribution in [1.82, 2.24) is 0 Å². The van der Waals surface area contributed by atoms with Crippen LogP contribution in [0, 0.1) is 0 Å². The van der Waals surface area contributed by atoms with Crippen LogP contribution in [0.25, 0.3) is 0 Å². The molecule has 0 aliphatic rings. The average molecular weight is 570 g/mol. The minimum Gasteiger partial charge on any atom is -0.464 e. The van der Waals surface area contributed by atoms with Gasteiger partial charge in [0.25, 0.3) is 0 Å². The lowest BCUT2D eigenvalue weighted by molar-refractivity contribution is -0.156. The molecule has 0 amide bonds. The zero-order valence-corrected chi connectivity index (χ0v) is 27.0. The number of carbonyl (C=O) groups is 1. The summed E-state index contributed by atoms with van der Waals surface area (Å²) in [5, 5.41) is 20.5. The molecule has 0 rings (SSSR count). The van der Waals surface area contributed by atoms with Crippen molar-refractivity contribution in [2.75, 3.05) is 6.61 Å². The van der Waals surface area contributed by atoms with Crippen LogP contribution in [-0.4, -0.2) is 41.0 Å². The lowest BCUT2D eigenvalue weighted by Gasteiger charge is -2.22. The summed E-state index contributed by atoms with van der Waals surface area (Å²) in [7, 11) is 0. The molecule has 40 heavy (non-hydrogen) atoms. The van der Waals surface area contributed by atoms with Crippen LogP contribution in [0.1, 0.15) is 194 Å². The van der Waals surface area contributed by atoms with Crippen LogP contribution in [0.5, 0.6) is 0 Å². The summed E-state index contributed by atoms with van der Waals surface area (Å²) < 4.78 is 5.22. The summed E-state index contributed by atoms with van der Waals surface area (Å²) in [6.45, 7) is 4.84. The van der Waals surface area contributed by atoms with E-state index >= 15 is 0 Å². The number of hydrogen-bond donors (Lipinski definition) is 3. The SMILES string of the molecule is CCCCCCCCCCCCCCCCOC(=O)C(O)C(N)C(O)CCCCCCCCCCCCCCC. The maximum absolute atomic E-state index is 12.1. The maximum atomic E-state index is 12.1. The van der Waals surface area contributed by atoms with E-state index in [2.05, 4.69) is 13.8 Å². The van der Waals surface area contributed by atoms with Gasteiger partial charge in [0.15, 0.2) is 6.10 Å². The topological polar surface area (TPSA) is 92.8 Å². The molecule has 0 saturated heterocycles. The highest BCUT2D eigenvalue weighted by Crippen LogP contribution is 2.15. The molecule has 0 radical (unpaired) electrons. The number of esters is 1. The summed E-state index contributed by atoms with van der Waals surface area (Å²) in [6.07, 6.45) is 32.6. The van der Waals surface area contributed by atoms with Gasteiger partial charge in [-0.3, -0.25) is 0 Å². The van der Waals surface area contributed by atoms with Crippen molar-refractivity contribution in [2.45, 2.75) is 212 Å². The average Bonchev–Trinajstić information content (AvgIpc) is 2.96. The van der Waals surface area contributed by atoms with E-state index in [0.717, 1.165) is 32.1 Å². The first-order valence-electron chi connectivity index (χ1n) is 17.8. The molecule has 3 unspecified atom stereocenters. The number of rotatable bonds is 32. The van der Waals surface area contributed by atoms with Gasteiger partial charge in [-0.25, -0.2) is 4.79 Å². The smallest absolute Gasteiger partial charge is 0.336 e. The highest BCUT2D eigenvalue weighted by Gasteiger charge is 2.29. The summed E-state index contributed by atoms with van der Waals surface area (Å²) in [6, 6.07) is -0.985. The molecule has 0 aliphatic carbocycles. The quantitative estimate of drug-likeness (QED) is 0.0554. The molecule has 0 aromatic rings. The Morgan fingerprint density at radius 1 is 0.525 bits per heavy atom. The molecule has 0 heterocycles. The minimum atomic E-state index is -1.45. The summed E-state index contributed by atoms with van der Waals surface area (Å²) in [5.74, 6) is -0.702. The predicted molar refractivity (Wildman–Crippen MR) is 172 cm³/mol. The highest BCUT2D eigenvalue weighted by molar-refractivity contribution is 5.75. The Balaban J connectivity index is 3.54. The Kier molecular flexibility index (Phi) is 30.8. The minimum absolute atomic E-state index is 0.315. The zero-order chi connectivity index (χ0) is 29.5. The molecule has 240 valence electrons. The van der Waals surface area contributed by atoms with Gasteiger partial charge in [0.1, 0.15) is 0 Å². The van der Waals surface area contributed by atoms with Crippen molar-refractivity contribution >= 4 is 5.97 Å². The number of carbonyl (C=O) groups excluding carboxylic acids is 1. The summed E-state index contributed by atoms with van der Waals surface area (Å²) in [5.41, 5.74) is 5.96. The molecule has 0 saturated carbocycles. The molecule has 0 aliphatic heterocycles. The van der Waals surface area contributed by atoms with Gasteiger partial charge in [-0.05, 0) is 12.8 Å². The second-order valence-corrected chi connectivity index (χ2v) is 12.4. The molecule has 3 atom stereocenters. The lowest BCUT2D eigenvalue weighted by Crippen LogP contribution is -2.49. The molecule has 0 fully saturated rings. The monoisotopic (exact) mass is 570 g/mol. The largest absolute Gasteiger partial charge is 0.464 e. The number of hydrogen-bond acceptors (Lipinski definition) is 5. The first kappa shape index (κ1) is 39.4. The van der Waals surface area contributed by atoms with Gasteiger partial charge in [0.05, 0.1) is 18.8 Å². The Labute approximate surface area is 249 Å². The van der Waals surface area contributed by atoms with Gasteiger partial charge >= 0.3 is 5.97 Å². The van der Waals surface area contributed by atoms with E-state index in [-0.39, 0.29) is 0 Å². The normalized spacial score (nSPS) is 13.8. The molecule has 4 N–H and O–H groups in total. The Morgan fingerprint density at radius 2 is 0.825 bits per heavy atom. The second-order valence-electron chi connectivity index (χ2n) is 12.4. The molecular formula is C35H71NO4. The van der Waals surface area contributed by atoms with Crippen LogP contribution in [0.15, 0.2) is 0 Å². The van der Waals surface area contributed by atoms with Crippen LogP contribution in [-0.2, 0) is 9.53 Å². The van der Waals surface area contributed by atoms with Crippen molar-refractivity contribution in [3.8, 4) is 0 Å². The van der Waals surface area contributed by atoms with E-state index < -0.39 is 24.2 Å². The number of aliphatic hydroxyl groups excluding tert-OH is 2. The Morgan fingerprint density at radius 3 is 1.18 bits per heavy atom. The van der Waals surface area contributed by atoms with Crippen LogP contribution in [0.3, 0.4) is 0 Å². The molecule has 0 bridgehead atoms. The highest BCUT2D eigenvalue weighted by atomic mass is 16.5. The number of nitrogens with two attached hydrogens (primary N) is 1. The summed E-state index contributed by atoms with van der Waals surface area (Å²) >= 11 is 0. The second kappa shape index (κ2) is 31.3. The zero-order valence-electron chi connectivity index (χ0n) is 27.0. The number of unbranched alkanes of at least 4 members (excludes halogenated alkanes) is 25. The molecule has 5 heteroatoms. The third-order valence-electron chi connectivity index (χ3n) is 8.40. The molecule has 0 aromatic heterocycles. The van der Waals surface area contributed by atoms with Crippen LogP contribution < -0.4 is 5.73 Å². The Hall–Kier alpha value is -0.650. The van der Waals surface area contributed by atoms with Gasteiger partial charge < -0.3 is 20.7 Å². The molecule has 0 aromatic carbocycles. The molecular weight excluding hydrogens is 498 g/mol. The Bertz CT molecular complexity index is 516. The fourth-order valence-corrected chi connectivity index (χ4v) is 5.49. The van der Waals surface area contributed by atoms with Crippen LogP contribution in [0.4, 0.5) is 0 Å². The van der Waals surface area contributed by atoms with Crippen molar-refractivity contribution in [1.29, 1.82) is 0 Å². The molecule has 0 spiro atoms. The van der Waals surface area contributed by atoms with Crippen LogP contribution in [0.2, 0.25) is 0 Å². The first-order chi connectivity index (χ1) is 19.5. The van der Waals surface area contributed by atoms with E-state index in [4.69, 9.17) is 10.5 Å². The summed E-state index contributed by atoms with van der Waals surface area (Å²) in [4.78, 5) is 12.1. The number of ether oxygens (including phenoxy) is 1. The fraction of sp³-hybridized carbons (Fsp3) is 0.971. The van der Waals surface area contributed by atoms with Gasteiger partial charge in [-0.15, -0.1) is 0 Å². The predicted octanol–water partition coefficient (Wildman–Crippen LogP) is 9.54. The van der Waals surface area contributed by atoms with Gasteiger partial charge in [-0.2, -0.15) is 0 Å². The third-order valence-corrected chi connectivity index (χ3v) is 8.40. The van der Waals surface area contributed by atoms with E-state index in [1.54, 1.807) is 0 Å². The van der Waals surface area contributed by atoms with Gasteiger partial charge in [0, 0.05) is 0 Å². The lowest BCUT2D eigenvalue weighted by atomic mass is 9.99. The standard InChI is InChI=1S/C35H71NO4/c1-3-5-7-9-11-13-15-17-19-21-23-25-27-29-31-40-35(39)34(38)33(36)32(37)30-28-26-24-22-20-18-16-14-12-10-8-6-4-2/h32-34,37-38H,3-31,36H2,1-2H3. The first-order valence-corrected chi connectivity index (χ1v) is 17.8. The van der Waals surface area contributed by atoms with E-state index in [0.29, 0.717) is 13.0 Å².